The Bertz CT molecular complexity index is 668. The average Bonchev–Trinajstić information content (AvgIpc) is 2.66. The minimum Gasteiger partial charge on any atom is -0.436 e. The van der Waals surface area contributed by atoms with Gasteiger partial charge in [0.15, 0.2) is 11.1 Å². The highest BCUT2D eigenvalue weighted by Gasteiger charge is 2.08. The molecule has 0 spiro atoms. The number of hydrogen-bond acceptors (Lipinski definition) is 4. The number of pyridine rings is 1. The van der Waals surface area contributed by atoms with Crippen LogP contribution in [-0.2, 0) is 0 Å². The fourth-order valence-electron chi connectivity index (χ4n) is 1.39. The second-order valence-corrected chi connectivity index (χ2v) is 2.89. The van der Waals surface area contributed by atoms with Gasteiger partial charge in [0.25, 0.3) is 0 Å². The maximum absolute atomic E-state index is 11.8. The molecule has 0 saturated heterocycles. The number of aromatic nitrogens is 3. The molecule has 0 bridgehead atoms. The van der Waals surface area contributed by atoms with E-state index in [0.29, 0.717) is 22.2 Å². The minimum atomic E-state index is -0.157. The lowest BCUT2D eigenvalue weighted by atomic mass is 10.3. The van der Waals surface area contributed by atoms with Crippen LogP contribution in [0.15, 0.2) is 33.7 Å². The second kappa shape index (κ2) is 2.41. The van der Waals surface area contributed by atoms with E-state index in [9.17, 15) is 4.79 Å². The SMILES string of the molecule is O=c1c2cn[nH]c2oc2cccnc12. The van der Waals surface area contributed by atoms with Gasteiger partial charge in [-0.1, -0.05) is 0 Å². The number of fused-ring (bicyclic) bond motifs is 2. The van der Waals surface area contributed by atoms with Gasteiger partial charge in [0.05, 0.1) is 6.20 Å². The molecule has 0 aliphatic heterocycles. The molecule has 0 aromatic carbocycles. The van der Waals surface area contributed by atoms with Crippen molar-refractivity contribution in [2.24, 2.45) is 0 Å². The topological polar surface area (TPSA) is 71.8 Å². The molecule has 0 amide bonds. The van der Waals surface area contributed by atoms with Gasteiger partial charge in [-0.15, -0.1) is 0 Å². The molecule has 3 aromatic rings. The van der Waals surface area contributed by atoms with Gasteiger partial charge in [-0.3, -0.25) is 4.79 Å². The standard InChI is InChI=1S/C9H5N3O2/c13-8-5-4-11-12-9(5)14-6-2-1-3-10-7(6)8/h1-4H,(H,11,12). The molecular weight excluding hydrogens is 182 g/mol. The van der Waals surface area contributed by atoms with Crippen LogP contribution in [0.3, 0.4) is 0 Å². The van der Waals surface area contributed by atoms with Gasteiger partial charge in [0.1, 0.15) is 5.39 Å². The molecule has 3 heterocycles. The Balaban J connectivity index is 2.70. The quantitative estimate of drug-likeness (QED) is 0.571. The molecule has 5 nitrogen and oxygen atoms in total. The Hall–Kier alpha value is -2.17. The van der Waals surface area contributed by atoms with E-state index in [0.717, 1.165) is 0 Å². The van der Waals surface area contributed by atoms with E-state index in [1.165, 1.54) is 6.20 Å². The summed E-state index contributed by atoms with van der Waals surface area (Å²) in [7, 11) is 0. The number of nitrogens with zero attached hydrogens (tertiary/aromatic N) is 2. The van der Waals surface area contributed by atoms with Crippen LogP contribution in [0.1, 0.15) is 0 Å². The van der Waals surface area contributed by atoms with Crippen LogP contribution >= 0.6 is 0 Å². The molecule has 5 heteroatoms. The molecule has 0 aliphatic rings. The lowest BCUT2D eigenvalue weighted by Gasteiger charge is -1.93. The summed E-state index contributed by atoms with van der Waals surface area (Å²) in [4.78, 5) is 15.7. The first-order valence-corrected chi connectivity index (χ1v) is 4.07. The van der Waals surface area contributed by atoms with E-state index in [4.69, 9.17) is 4.42 Å². The molecular formula is C9H5N3O2. The molecule has 3 aromatic heterocycles. The van der Waals surface area contributed by atoms with E-state index >= 15 is 0 Å². The fraction of sp³-hybridized carbons (Fsp3) is 0. The number of hydrogen-bond donors (Lipinski definition) is 1. The fourth-order valence-corrected chi connectivity index (χ4v) is 1.39. The van der Waals surface area contributed by atoms with Crippen molar-refractivity contribution < 1.29 is 4.42 Å². The van der Waals surface area contributed by atoms with Crippen LogP contribution < -0.4 is 5.43 Å². The molecule has 1 N–H and O–H groups in total. The highest BCUT2D eigenvalue weighted by Crippen LogP contribution is 2.13. The van der Waals surface area contributed by atoms with Gasteiger partial charge in [0.2, 0.25) is 11.1 Å². The van der Waals surface area contributed by atoms with Gasteiger partial charge >= 0.3 is 0 Å². The lowest BCUT2D eigenvalue weighted by molar-refractivity contribution is 0.640. The van der Waals surface area contributed by atoms with Gasteiger partial charge in [-0.2, -0.15) is 5.10 Å². The van der Waals surface area contributed by atoms with Crippen LogP contribution in [-0.4, -0.2) is 15.2 Å². The Labute approximate surface area is 77.4 Å². The number of aromatic amines is 1. The summed E-state index contributed by atoms with van der Waals surface area (Å²) in [5, 5.41) is 6.77. The number of nitrogens with one attached hydrogen (secondary N) is 1. The van der Waals surface area contributed by atoms with Crippen molar-refractivity contribution in [2.45, 2.75) is 0 Å². The lowest BCUT2D eigenvalue weighted by Crippen LogP contribution is -2.02. The van der Waals surface area contributed by atoms with Gasteiger partial charge in [0, 0.05) is 6.20 Å². The van der Waals surface area contributed by atoms with Crippen molar-refractivity contribution >= 4 is 22.2 Å². The summed E-state index contributed by atoms with van der Waals surface area (Å²) >= 11 is 0. The van der Waals surface area contributed by atoms with E-state index in [2.05, 4.69) is 15.2 Å². The van der Waals surface area contributed by atoms with E-state index in [1.807, 2.05) is 0 Å². The Morgan fingerprint density at radius 1 is 1.43 bits per heavy atom. The molecule has 14 heavy (non-hydrogen) atoms. The zero-order valence-corrected chi connectivity index (χ0v) is 7.02. The predicted octanol–water partition coefficient (Wildman–Crippen LogP) is 1.06. The predicted molar refractivity (Wildman–Crippen MR) is 49.9 cm³/mol. The summed E-state index contributed by atoms with van der Waals surface area (Å²) in [6.45, 7) is 0. The van der Waals surface area contributed by atoms with Crippen LogP contribution in [0.4, 0.5) is 0 Å². The molecule has 0 aliphatic carbocycles. The van der Waals surface area contributed by atoms with Crippen LogP contribution in [0.25, 0.3) is 22.2 Å². The van der Waals surface area contributed by atoms with E-state index in [-0.39, 0.29) is 5.43 Å². The third-order valence-corrected chi connectivity index (χ3v) is 2.05. The monoisotopic (exact) mass is 187 g/mol. The van der Waals surface area contributed by atoms with Crippen molar-refractivity contribution in [3.63, 3.8) is 0 Å². The maximum atomic E-state index is 11.8. The van der Waals surface area contributed by atoms with Gasteiger partial charge < -0.3 is 4.42 Å². The number of H-pyrrole nitrogens is 1. The van der Waals surface area contributed by atoms with Gasteiger partial charge in [-0.05, 0) is 12.1 Å². The zero-order valence-electron chi connectivity index (χ0n) is 7.02. The van der Waals surface area contributed by atoms with Crippen LogP contribution in [0, 0.1) is 0 Å². The maximum Gasteiger partial charge on any atom is 0.226 e. The van der Waals surface area contributed by atoms with Crippen molar-refractivity contribution in [1.29, 1.82) is 0 Å². The van der Waals surface area contributed by atoms with E-state index in [1.54, 1.807) is 18.3 Å². The molecule has 0 saturated carbocycles. The Morgan fingerprint density at radius 3 is 3.29 bits per heavy atom. The minimum absolute atomic E-state index is 0.157. The molecule has 68 valence electrons. The van der Waals surface area contributed by atoms with Crippen LogP contribution in [0.5, 0.6) is 0 Å². The zero-order chi connectivity index (χ0) is 9.54. The highest BCUT2D eigenvalue weighted by atomic mass is 16.3. The first kappa shape index (κ1) is 7.25. The summed E-state index contributed by atoms with van der Waals surface area (Å²) < 4.78 is 5.39. The molecule has 0 radical (unpaired) electrons. The molecule has 0 atom stereocenters. The van der Waals surface area contributed by atoms with Crippen molar-refractivity contribution in [3.05, 3.63) is 34.7 Å². The van der Waals surface area contributed by atoms with Crippen molar-refractivity contribution in [3.8, 4) is 0 Å². The van der Waals surface area contributed by atoms with Gasteiger partial charge in [-0.25, -0.2) is 10.1 Å². The van der Waals surface area contributed by atoms with Crippen LogP contribution in [0.2, 0.25) is 0 Å². The van der Waals surface area contributed by atoms with Crippen molar-refractivity contribution in [1.82, 2.24) is 15.2 Å². The third-order valence-electron chi connectivity index (χ3n) is 2.05. The first-order chi connectivity index (χ1) is 6.86. The molecule has 0 unspecified atom stereocenters. The summed E-state index contributed by atoms with van der Waals surface area (Å²) in [6.07, 6.45) is 3.00. The third kappa shape index (κ3) is 0.806. The summed E-state index contributed by atoms with van der Waals surface area (Å²) in [5.41, 5.74) is 1.03. The molecule has 0 fully saturated rings. The molecule has 3 rings (SSSR count). The van der Waals surface area contributed by atoms with Crippen molar-refractivity contribution in [2.75, 3.05) is 0 Å². The highest BCUT2D eigenvalue weighted by molar-refractivity contribution is 5.84. The first-order valence-electron chi connectivity index (χ1n) is 4.07. The average molecular weight is 187 g/mol. The number of rotatable bonds is 0. The summed E-state index contributed by atoms with van der Waals surface area (Å²) in [6, 6.07) is 3.41. The van der Waals surface area contributed by atoms with E-state index < -0.39 is 0 Å². The summed E-state index contributed by atoms with van der Waals surface area (Å²) in [5.74, 6) is 0. The second-order valence-electron chi connectivity index (χ2n) is 2.89. The largest absolute Gasteiger partial charge is 0.436 e. The Kier molecular flexibility index (Phi) is 1.25. The normalized spacial score (nSPS) is 11.1. The Morgan fingerprint density at radius 2 is 2.36 bits per heavy atom. The smallest absolute Gasteiger partial charge is 0.226 e.